The Labute approximate surface area is 260 Å². The van der Waals surface area contributed by atoms with E-state index in [0.717, 1.165) is 55.7 Å². The Morgan fingerprint density at radius 2 is 0.956 bits per heavy atom. The quantitative estimate of drug-likeness (QED) is 0.209. The number of aromatic nitrogens is 3. The van der Waals surface area contributed by atoms with Gasteiger partial charge in [0.15, 0.2) is 17.5 Å². The maximum atomic E-state index is 6.36. The Hall–Kier alpha value is -6.13. The van der Waals surface area contributed by atoms with Gasteiger partial charge in [0.2, 0.25) is 0 Å². The molecule has 45 heavy (non-hydrogen) atoms. The Bertz CT molecular complexity index is 2410. The van der Waals surface area contributed by atoms with E-state index in [-0.39, 0.29) is 0 Å². The van der Waals surface area contributed by atoms with Gasteiger partial charge in [0.05, 0.1) is 0 Å². The van der Waals surface area contributed by atoms with Crippen LogP contribution in [0.4, 0.5) is 0 Å². The minimum absolute atomic E-state index is 0.614. The van der Waals surface area contributed by atoms with Crippen molar-refractivity contribution in [2.45, 2.75) is 0 Å². The molecule has 4 heteroatoms. The number of hydrogen-bond acceptors (Lipinski definition) is 4. The van der Waals surface area contributed by atoms with Crippen LogP contribution in [0.15, 0.2) is 152 Å². The highest BCUT2D eigenvalue weighted by molar-refractivity contribution is 6.04. The van der Waals surface area contributed by atoms with Crippen molar-refractivity contribution in [1.82, 2.24) is 15.0 Å². The molecule has 0 saturated carbocycles. The van der Waals surface area contributed by atoms with Crippen molar-refractivity contribution >= 4 is 21.5 Å². The molecule has 0 N–H and O–H groups in total. The molecule has 0 fully saturated rings. The number of benzene rings is 7. The third kappa shape index (κ3) is 4.35. The van der Waals surface area contributed by atoms with E-state index in [1.165, 1.54) is 16.3 Å². The molecule has 210 valence electrons. The Balaban J connectivity index is 1.21. The van der Waals surface area contributed by atoms with Crippen LogP contribution < -0.4 is 4.74 Å². The molecule has 8 aromatic rings. The molecule has 0 aliphatic carbocycles. The molecule has 0 spiro atoms. The van der Waals surface area contributed by atoms with Crippen molar-refractivity contribution in [2.24, 2.45) is 0 Å². The van der Waals surface area contributed by atoms with Crippen molar-refractivity contribution < 1.29 is 4.74 Å². The van der Waals surface area contributed by atoms with E-state index < -0.39 is 0 Å². The first kappa shape index (κ1) is 25.4. The van der Waals surface area contributed by atoms with Crippen LogP contribution in [0, 0.1) is 0 Å². The maximum Gasteiger partial charge on any atom is 0.164 e. The van der Waals surface area contributed by atoms with E-state index in [1.807, 2.05) is 54.6 Å². The number of nitrogens with zero attached hydrogens (tertiary/aromatic N) is 3. The van der Waals surface area contributed by atoms with Gasteiger partial charge in [0, 0.05) is 27.6 Å². The van der Waals surface area contributed by atoms with Crippen molar-refractivity contribution in [3.05, 3.63) is 152 Å². The molecule has 7 aromatic carbocycles. The molecule has 0 radical (unpaired) electrons. The third-order valence-corrected chi connectivity index (χ3v) is 8.50. The molecule has 0 bridgehead atoms. The van der Waals surface area contributed by atoms with Crippen LogP contribution in [0.1, 0.15) is 0 Å². The van der Waals surface area contributed by atoms with Gasteiger partial charge < -0.3 is 4.74 Å². The largest absolute Gasteiger partial charge is 0.456 e. The summed E-state index contributed by atoms with van der Waals surface area (Å²) in [5.74, 6) is 3.58. The minimum atomic E-state index is 0.614. The Morgan fingerprint density at radius 1 is 0.356 bits per heavy atom. The first-order valence-electron chi connectivity index (χ1n) is 15.0. The summed E-state index contributed by atoms with van der Waals surface area (Å²) in [4.78, 5) is 15.1. The number of ether oxygens (including phenoxy) is 1. The number of fused-ring (bicyclic) bond motifs is 3. The summed E-state index contributed by atoms with van der Waals surface area (Å²) >= 11 is 0. The van der Waals surface area contributed by atoms with Crippen LogP contribution in [0.25, 0.3) is 78.0 Å². The van der Waals surface area contributed by atoms with Crippen LogP contribution >= 0.6 is 0 Å². The van der Waals surface area contributed by atoms with Gasteiger partial charge in [-0.25, -0.2) is 15.0 Å². The van der Waals surface area contributed by atoms with Crippen LogP contribution in [0.2, 0.25) is 0 Å². The van der Waals surface area contributed by atoms with Gasteiger partial charge in [-0.2, -0.15) is 0 Å². The summed E-state index contributed by atoms with van der Waals surface area (Å²) in [5, 5.41) is 4.70. The summed E-state index contributed by atoms with van der Waals surface area (Å²) in [6.45, 7) is 0. The molecule has 0 saturated heterocycles. The lowest BCUT2D eigenvalue weighted by atomic mass is 9.93. The first-order valence-corrected chi connectivity index (χ1v) is 15.0. The fourth-order valence-corrected chi connectivity index (χ4v) is 6.36. The second kappa shape index (κ2) is 10.2. The predicted molar refractivity (Wildman–Crippen MR) is 182 cm³/mol. The molecule has 0 atom stereocenters. The Morgan fingerprint density at radius 3 is 1.80 bits per heavy atom. The van der Waals surface area contributed by atoms with Crippen LogP contribution in [-0.4, -0.2) is 15.0 Å². The average molecular weight is 576 g/mol. The fourth-order valence-electron chi connectivity index (χ4n) is 6.36. The van der Waals surface area contributed by atoms with Gasteiger partial charge in [-0.05, 0) is 63.2 Å². The lowest BCUT2D eigenvalue weighted by Gasteiger charge is -2.21. The van der Waals surface area contributed by atoms with Crippen molar-refractivity contribution in [2.75, 3.05) is 0 Å². The Kier molecular flexibility index (Phi) is 5.78. The van der Waals surface area contributed by atoms with Crippen molar-refractivity contribution in [3.8, 4) is 67.9 Å². The van der Waals surface area contributed by atoms with E-state index in [4.69, 9.17) is 19.7 Å². The molecular formula is C41H25N3O. The minimum Gasteiger partial charge on any atom is -0.456 e. The number of rotatable bonds is 4. The molecule has 9 rings (SSSR count). The highest BCUT2D eigenvalue weighted by Crippen LogP contribution is 2.47. The lowest BCUT2D eigenvalue weighted by molar-refractivity contribution is 0.487. The zero-order chi connectivity index (χ0) is 29.7. The second-order valence-electron chi connectivity index (χ2n) is 11.3. The van der Waals surface area contributed by atoms with Crippen molar-refractivity contribution in [1.29, 1.82) is 0 Å². The number of hydrogen-bond donors (Lipinski definition) is 0. The molecule has 1 aliphatic heterocycles. The van der Waals surface area contributed by atoms with Gasteiger partial charge in [0.25, 0.3) is 0 Å². The standard InChI is InChI=1S/C41H25N3O/c1-2-11-28(12-3-1)39-42-40(30-17-6-16-29(24-30)33-19-7-13-26-10-4-5-18-32(26)33)44-41(43-39)31-22-23-36-35(25-31)34-20-8-14-27-15-9-21-37(45-36)38(27)34/h1-25H. The van der Waals surface area contributed by atoms with Crippen LogP contribution in [-0.2, 0) is 0 Å². The first-order chi connectivity index (χ1) is 22.3. The van der Waals surface area contributed by atoms with Gasteiger partial charge in [-0.1, -0.05) is 121 Å². The third-order valence-electron chi connectivity index (χ3n) is 8.50. The lowest BCUT2D eigenvalue weighted by Crippen LogP contribution is -2.01. The SMILES string of the molecule is c1ccc(-c2nc(-c3cccc(-c4cccc5ccccc45)c3)nc(-c3ccc4c(c3)-c3cccc5cccc(c35)O4)n2)cc1. The van der Waals surface area contributed by atoms with E-state index in [9.17, 15) is 0 Å². The summed E-state index contributed by atoms with van der Waals surface area (Å²) in [6, 6.07) is 52.2. The van der Waals surface area contributed by atoms with E-state index >= 15 is 0 Å². The van der Waals surface area contributed by atoms with Gasteiger partial charge in [-0.15, -0.1) is 0 Å². The van der Waals surface area contributed by atoms with Crippen LogP contribution in [0.3, 0.4) is 0 Å². The molecule has 4 nitrogen and oxygen atoms in total. The molecule has 1 aromatic heterocycles. The van der Waals surface area contributed by atoms with Gasteiger partial charge in [-0.3, -0.25) is 0 Å². The highest BCUT2D eigenvalue weighted by atomic mass is 16.5. The van der Waals surface area contributed by atoms with Gasteiger partial charge in [0.1, 0.15) is 11.5 Å². The second-order valence-corrected chi connectivity index (χ2v) is 11.3. The van der Waals surface area contributed by atoms with Crippen LogP contribution in [0.5, 0.6) is 11.5 Å². The smallest absolute Gasteiger partial charge is 0.164 e. The summed E-state index contributed by atoms with van der Waals surface area (Å²) < 4.78 is 6.36. The molecular weight excluding hydrogens is 550 g/mol. The topological polar surface area (TPSA) is 47.9 Å². The normalized spacial score (nSPS) is 11.7. The van der Waals surface area contributed by atoms with E-state index in [0.29, 0.717) is 17.5 Å². The summed E-state index contributed by atoms with van der Waals surface area (Å²) in [6.07, 6.45) is 0. The highest BCUT2D eigenvalue weighted by Gasteiger charge is 2.21. The van der Waals surface area contributed by atoms with E-state index in [2.05, 4.69) is 97.1 Å². The predicted octanol–water partition coefficient (Wildman–Crippen LogP) is 10.6. The molecule has 2 heterocycles. The average Bonchev–Trinajstić information content (AvgIpc) is 3.12. The van der Waals surface area contributed by atoms with E-state index in [1.54, 1.807) is 0 Å². The molecule has 0 amide bonds. The summed E-state index contributed by atoms with van der Waals surface area (Å²) in [5.41, 5.74) is 7.24. The zero-order valence-corrected chi connectivity index (χ0v) is 24.2. The fraction of sp³-hybridized carbons (Fsp3) is 0. The maximum absolute atomic E-state index is 6.36. The van der Waals surface area contributed by atoms with Crippen molar-refractivity contribution in [3.63, 3.8) is 0 Å². The molecule has 1 aliphatic rings. The molecule has 0 unspecified atom stereocenters. The van der Waals surface area contributed by atoms with Gasteiger partial charge >= 0.3 is 0 Å². The zero-order valence-electron chi connectivity index (χ0n) is 24.2. The summed E-state index contributed by atoms with van der Waals surface area (Å²) in [7, 11) is 0. The monoisotopic (exact) mass is 575 g/mol.